The second-order valence-electron chi connectivity index (χ2n) is 5.03. The molecule has 0 aliphatic rings. The number of amides is 1. The fourth-order valence-electron chi connectivity index (χ4n) is 2.20. The summed E-state index contributed by atoms with van der Waals surface area (Å²) in [7, 11) is 1.64. The summed E-state index contributed by atoms with van der Waals surface area (Å²) in [5.74, 6) is 0.00742. The van der Waals surface area contributed by atoms with Crippen LogP contribution >= 0.6 is 39.1 Å². The minimum Gasteiger partial charge on any atom is -0.303 e. The number of carbonyl (C=O) groups excluding carboxylic acids is 1. The van der Waals surface area contributed by atoms with Crippen molar-refractivity contribution in [3.63, 3.8) is 0 Å². The number of halogens is 3. The molecule has 0 bridgehead atoms. The summed E-state index contributed by atoms with van der Waals surface area (Å²) < 4.78 is 3.75. The number of rotatable bonds is 4. The lowest BCUT2D eigenvalue weighted by Gasteiger charge is -2.05. The highest BCUT2D eigenvalue weighted by atomic mass is 79.9. The highest BCUT2D eigenvalue weighted by molar-refractivity contribution is 9.10. The van der Waals surface area contributed by atoms with Gasteiger partial charge in [-0.05, 0) is 27.6 Å². The van der Waals surface area contributed by atoms with Crippen LogP contribution in [0.1, 0.15) is 16.1 Å². The minimum atomic E-state index is -0.385. The lowest BCUT2D eigenvalue weighted by molar-refractivity contribution is 0.101. The monoisotopic (exact) mass is 427 g/mol. The molecule has 124 valence electrons. The van der Waals surface area contributed by atoms with E-state index in [0.29, 0.717) is 21.9 Å². The third-order valence-corrected chi connectivity index (χ3v) is 4.57. The highest BCUT2D eigenvalue weighted by Crippen LogP contribution is 2.24. The van der Waals surface area contributed by atoms with Crippen LogP contribution in [0.25, 0.3) is 0 Å². The number of carbonyl (C=O) groups is 1. The summed E-state index contributed by atoms with van der Waals surface area (Å²) in [4.78, 5) is 12.3. The lowest BCUT2D eigenvalue weighted by atomic mass is 10.2. The Morgan fingerprint density at radius 3 is 2.71 bits per heavy atom. The zero-order valence-corrected chi connectivity index (χ0v) is 15.6. The Labute approximate surface area is 156 Å². The molecule has 0 saturated carbocycles. The molecule has 0 spiro atoms. The van der Waals surface area contributed by atoms with Gasteiger partial charge in [-0.15, -0.1) is 0 Å². The summed E-state index contributed by atoms with van der Waals surface area (Å²) in [6.07, 6.45) is 3.19. The molecular formula is C15H12BrCl2N5O. The predicted octanol–water partition coefficient (Wildman–Crippen LogP) is 3.99. The molecule has 24 heavy (non-hydrogen) atoms. The van der Waals surface area contributed by atoms with E-state index >= 15 is 0 Å². The van der Waals surface area contributed by atoms with Crippen LogP contribution in [0.5, 0.6) is 0 Å². The maximum Gasteiger partial charge on any atom is 0.276 e. The summed E-state index contributed by atoms with van der Waals surface area (Å²) in [6, 6.07) is 7.52. The lowest BCUT2D eigenvalue weighted by Crippen LogP contribution is -2.17. The minimum absolute atomic E-state index is 0.268. The summed E-state index contributed by atoms with van der Waals surface area (Å²) in [6.45, 7) is 0.487. The van der Waals surface area contributed by atoms with Gasteiger partial charge in [-0.3, -0.25) is 14.2 Å². The average molecular weight is 429 g/mol. The molecule has 1 aromatic carbocycles. The molecule has 2 aromatic heterocycles. The Balaban J connectivity index is 1.80. The molecule has 1 amide bonds. The van der Waals surface area contributed by atoms with Gasteiger partial charge in [0, 0.05) is 18.3 Å². The van der Waals surface area contributed by atoms with Crippen molar-refractivity contribution in [2.24, 2.45) is 7.05 Å². The molecule has 9 heteroatoms. The van der Waals surface area contributed by atoms with Gasteiger partial charge in [0.15, 0.2) is 5.82 Å². The Morgan fingerprint density at radius 2 is 2.04 bits per heavy atom. The Hall–Kier alpha value is -1.83. The predicted molar refractivity (Wildman–Crippen MR) is 96.7 cm³/mol. The van der Waals surface area contributed by atoms with E-state index in [0.717, 1.165) is 5.56 Å². The zero-order valence-electron chi connectivity index (χ0n) is 12.5. The van der Waals surface area contributed by atoms with Crippen LogP contribution < -0.4 is 5.32 Å². The van der Waals surface area contributed by atoms with E-state index < -0.39 is 0 Å². The smallest absolute Gasteiger partial charge is 0.276 e. The second-order valence-corrected chi connectivity index (χ2v) is 6.70. The van der Waals surface area contributed by atoms with Crippen LogP contribution in [0.4, 0.5) is 5.82 Å². The van der Waals surface area contributed by atoms with Crippen molar-refractivity contribution in [1.82, 2.24) is 19.6 Å². The van der Waals surface area contributed by atoms with Gasteiger partial charge in [0.2, 0.25) is 0 Å². The normalized spacial score (nSPS) is 10.8. The Kier molecular flexibility index (Phi) is 4.93. The van der Waals surface area contributed by atoms with Crippen molar-refractivity contribution in [3.05, 3.63) is 62.4 Å². The fourth-order valence-corrected chi connectivity index (χ4v) is 3.06. The van der Waals surface area contributed by atoms with E-state index in [4.69, 9.17) is 23.2 Å². The van der Waals surface area contributed by atoms with Gasteiger partial charge < -0.3 is 5.32 Å². The maximum atomic E-state index is 12.3. The van der Waals surface area contributed by atoms with E-state index in [9.17, 15) is 4.79 Å². The molecule has 3 aromatic rings. The van der Waals surface area contributed by atoms with Gasteiger partial charge >= 0.3 is 0 Å². The quantitative estimate of drug-likeness (QED) is 0.683. The topological polar surface area (TPSA) is 64.7 Å². The van der Waals surface area contributed by atoms with Crippen molar-refractivity contribution >= 4 is 50.9 Å². The molecule has 0 atom stereocenters. The van der Waals surface area contributed by atoms with E-state index in [2.05, 4.69) is 31.4 Å². The number of hydrogen-bond acceptors (Lipinski definition) is 3. The molecule has 6 nitrogen and oxygen atoms in total. The fraction of sp³-hybridized carbons (Fsp3) is 0.133. The molecule has 1 N–H and O–H groups in total. The molecule has 0 saturated heterocycles. The molecule has 0 unspecified atom stereocenters. The number of hydrogen-bond donors (Lipinski definition) is 1. The molecule has 0 fully saturated rings. The highest BCUT2D eigenvalue weighted by Gasteiger charge is 2.18. The molecule has 0 aliphatic carbocycles. The van der Waals surface area contributed by atoms with E-state index in [1.54, 1.807) is 17.9 Å². The summed E-state index contributed by atoms with van der Waals surface area (Å²) >= 11 is 15.5. The number of aromatic nitrogens is 4. The number of aryl methyl sites for hydroxylation is 1. The van der Waals surface area contributed by atoms with Crippen LogP contribution in [0, 0.1) is 0 Å². The first kappa shape index (κ1) is 17.0. The second kappa shape index (κ2) is 6.96. The first-order valence-corrected chi connectivity index (χ1v) is 8.46. The van der Waals surface area contributed by atoms with Gasteiger partial charge in [-0.25, -0.2) is 0 Å². The molecular weight excluding hydrogens is 417 g/mol. The number of nitrogens with one attached hydrogen (secondary N) is 1. The van der Waals surface area contributed by atoms with Crippen molar-refractivity contribution in [1.29, 1.82) is 0 Å². The average Bonchev–Trinajstić information content (AvgIpc) is 3.04. The van der Waals surface area contributed by atoms with Gasteiger partial charge in [0.05, 0.1) is 22.2 Å². The van der Waals surface area contributed by atoms with Crippen LogP contribution in [0.3, 0.4) is 0 Å². The molecule has 2 heterocycles. The Morgan fingerprint density at radius 1 is 1.29 bits per heavy atom. The van der Waals surface area contributed by atoms with Crippen molar-refractivity contribution < 1.29 is 4.79 Å². The van der Waals surface area contributed by atoms with Gasteiger partial charge in [-0.1, -0.05) is 41.4 Å². The van der Waals surface area contributed by atoms with Gasteiger partial charge in [0.1, 0.15) is 5.69 Å². The van der Waals surface area contributed by atoms with Crippen molar-refractivity contribution in [3.8, 4) is 0 Å². The standard InChI is InChI=1S/C15H12BrCl2N5O/c1-22-13(12(18)6-19-22)15(24)20-14-10(16)8-23(21-14)7-9-4-2-3-5-11(9)17/h2-6,8H,7H2,1H3,(H,20,21,24). The number of benzene rings is 1. The summed E-state index contributed by atoms with van der Waals surface area (Å²) in [5, 5.41) is 12.0. The van der Waals surface area contributed by atoms with Crippen LogP contribution in [0.2, 0.25) is 10.0 Å². The summed E-state index contributed by atoms with van der Waals surface area (Å²) in [5.41, 5.74) is 1.20. The Bertz CT molecular complexity index is 886. The maximum absolute atomic E-state index is 12.3. The van der Waals surface area contributed by atoms with Crippen LogP contribution in [-0.4, -0.2) is 25.5 Å². The van der Waals surface area contributed by atoms with Crippen molar-refractivity contribution in [2.45, 2.75) is 6.54 Å². The van der Waals surface area contributed by atoms with Crippen molar-refractivity contribution in [2.75, 3.05) is 5.32 Å². The van der Waals surface area contributed by atoms with E-state index in [1.807, 2.05) is 24.3 Å². The number of nitrogens with zero attached hydrogens (tertiary/aromatic N) is 4. The molecule has 0 aliphatic heterocycles. The van der Waals surface area contributed by atoms with Gasteiger partial charge in [-0.2, -0.15) is 10.2 Å². The third-order valence-electron chi connectivity index (χ3n) is 3.35. The third kappa shape index (κ3) is 3.48. The molecule has 0 radical (unpaired) electrons. The molecule has 3 rings (SSSR count). The van der Waals surface area contributed by atoms with Crippen LogP contribution in [0.15, 0.2) is 41.1 Å². The van der Waals surface area contributed by atoms with E-state index in [-0.39, 0.29) is 16.6 Å². The number of anilines is 1. The SMILES string of the molecule is Cn1ncc(Cl)c1C(=O)Nc1nn(Cc2ccccc2Cl)cc1Br. The zero-order chi connectivity index (χ0) is 17.3. The van der Waals surface area contributed by atoms with E-state index in [1.165, 1.54) is 10.9 Å². The first-order chi connectivity index (χ1) is 11.5. The van der Waals surface area contributed by atoms with Gasteiger partial charge in [0.25, 0.3) is 5.91 Å². The first-order valence-electron chi connectivity index (χ1n) is 6.91. The van der Waals surface area contributed by atoms with Crippen LogP contribution in [-0.2, 0) is 13.6 Å². The largest absolute Gasteiger partial charge is 0.303 e.